The lowest BCUT2D eigenvalue weighted by molar-refractivity contribution is -0.142. The number of amides is 3. The minimum absolute atomic E-state index is 0.0965. The highest BCUT2D eigenvalue weighted by atomic mass is 32.2. The van der Waals surface area contributed by atoms with Gasteiger partial charge in [0.05, 0.1) is 6.04 Å². The third kappa shape index (κ3) is 10.1. The van der Waals surface area contributed by atoms with Crippen molar-refractivity contribution in [2.75, 3.05) is 18.6 Å². The van der Waals surface area contributed by atoms with Crippen LogP contribution in [0.5, 0.6) is 0 Å². The molecule has 13 nitrogen and oxygen atoms in total. The fraction of sp³-hybridized carbons (Fsp3) is 0.480. The number of thioether (sulfide) groups is 1. The zero-order valence-corrected chi connectivity index (χ0v) is 22.9. The molecule has 214 valence electrons. The van der Waals surface area contributed by atoms with Crippen molar-refractivity contribution in [3.63, 3.8) is 0 Å². The van der Waals surface area contributed by atoms with Crippen molar-refractivity contribution in [3.05, 3.63) is 36.0 Å². The summed E-state index contributed by atoms with van der Waals surface area (Å²) in [7, 11) is 0. The number of rotatable bonds is 16. The summed E-state index contributed by atoms with van der Waals surface area (Å²) in [6.45, 7) is 1.65. The van der Waals surface area contributed by atoms with E-state index in [4.69, 9.17) is 17.2 Å². The quantitative estimate of drug-likeness (QED) is 0.0740. The molecule has 0 unspecified atom stereocenters. The number of hydrogen-bond donors (Lipinski definition) is 8. The van der Waals surface area contributed by atoms with Gasteiger partial charge in [-0.05, 0) is 56.2 Å². The van der Waals surface area contributed by atoms with Crippen molar-refractivity contribution in [1.29, 1.82) is 0 Å². The molecule has 0 saturated heterocycles. The van der Waals surface area contributed by atoms with Crippen LogP contribution in [0.25, 0.3) is 10.9 Å². The predicted octanol–water partition coefficient (Wildman–Crippen LogP) is -0.597. The first kappa shape index (κ1) is 31.4. The van der Waals surface area contributed by atoms with Crippen LogP contribution in [0, 0.1) is 0 Å². The summed E-state index contributed by atoms with van der Waals surface area (Å²) in [6.07, 6.45) is 4.69. The summed E-state index contributed by atoms with van der Waals surface area (Å²) >= 11 is 1.50. The molecule has 0 saturated carbocycles. The van der Waals surface area contributed by atoms with Gasteiger partial charge in [0.2, 0.25) is 17.7 Å². The molecule has 0 aliphatic heterocycles. The molecule has 1 heterocycles. The summed E-state index contributed by atoms with van der Waals surface area (Å²) in [5.41, 5.74) is 18.5. The highest BCUT2D eigenvalue weighted by Gasteiger charge is 2.28. The van der Waals surface area contributed by atoms with Gasteiger partial charge in [-0.3, -0.25) is 19.4 Å². The molecule has 14 heteroatoms. The Morgan fingerprint density at radius 3 is 2.38 bits per heavy atom. The molecule has 0 bridgehead atoms. The molecule has 0 aliphatic carbocycles. The van der Waals surface area contributed by atoms with Crippen LogP contribution in [0.4, 0.5) is 0 Å². The average Bonchev–Trinajstić information content (AvgIpc) is 3.30. The number of carboxylic acid groups (broad SMARTS) is 1. The second-order valence-electron chi connectivity index (χ2n) is 9.09. The van der Waals surface area contributed by atoms with Crippen LogP contribution in [0.2, 0.25) is 0 Å². The Bertz CT molecular complexity index is 1170. The van der Waals surface area contributed by atoms with Crippen LogP contribution in [-0.4, -0.2) is 82.5 Å². The Balaban J connectivity index is 1.96. The number of aliphatic imine (C=N–C) groups is 1. The van der Waals surface area contributed by atoms with Crippen molar-refractivity contribution >= 4 is 52.3 Å². The molecule has 0 fully saturated rings. The Kier molecular flexibility index (Phi) is 12.6. The Morgan fingerprint density at radius 2 is 1.72 bits per heavy atom. The fourth-order valence-electron chi connectivity index (χ4n) is 3.85. The van der Waals surface area contributed by atoms with E-state index in [9.17, 15) is 24.3 Å². The van der Waals surface area contributed by atoms with Crippen molar-refractivity contribution in [3.8, 4) is 0 Å². The molecule has 2 rings (SSSR count). The minimum Gasteiger partial charge on any atom is -0.480 e. The number of nitrogens with one attached hydrogen (secondary N) is 4. The van der Waals surface area contributed by atoms with E-state index in [1.165, 1.54) is 18.7 Å². The first-order valence-corrected chi connectivity index (χ1v) is 13.9. The van der Waals surface area contributed by atoms with Gasteiger partial charge in [-0.25, -0.2) is 4.79 Å². The van der Waals surface area contributed by atoms with Crippen LogP contribution < -0.4 is 33.2 Å². The molecular formula is C25H38N8O5S. The smallest absolute Gasteiger partial charge is 0.326 e. The molecule has 39 heavy (non-hydrogen) atoms. The highest BCUT2D eigenvalue weighted by molar-refractivity contribution is 7.98. The molecule has 1 aromatic carbocycles. The van der Waals surface area contributed by atoms with E-state index in [1.807, 2.05) is 30.5 Å². The fourth-order valence-corrected chi connectivity index (χ4v) is 4.32. The summed E-state index contributed by atoms with van der Waals surface area (Å²) in [6, 6.07) is 3.61. The summed E-state index contributed by atoms with van der Waals surface area (Å²) < 4.78 is 0. The third-order valence-electron chi connectivity index (χ3n) is 6.01. The largest absolute Gasteiger partial charge is 0.480 e. The van der Waals surface area contributed by atoms with E-state index < -0.39 is 47.9 Å². The number of aromatic amines is 1. The van der Waals surface area contributed by atoms with Crippen LogP contribution in [-0.2, 0) is 25.6 Å². The number of hydrogen-bond acceptors (Lipinski definition) is 7. The Hall–Kier alpha value is -3.78. The van der Waals surface area contributed by atoms with E-state index in [-0.39, 0.29) is 25.3 Å². The first-order chi connectivity index (χ1) is 18.5. The number of fused-ring (bicyclic) bond motifs is 1. The van der Waals surface area contributed by atoms with E-state index in [0.29, 0.717) is 18.6 Å². The maximum Gasteiger partial charge on any atom is 0.326 e. The zero-order valence-electron chi connectivity index (χ0n) is 22.1. The van der Waals surface area contributed by atoms with Gasteiger partial charge < -0.3 is 43.2 Å². The number of carbonyl (C=O) groups excluding carboxylic acids is 3. The van der Waals surface area contributed by atoms with Crippen LogP contribution >= 0.6 is 11.8 Å². The van der Waals surface area contributed by atoms with E-state index in [1.54, 1.807) is 6.20 Å². The number of nitrogens with two attached hydrogens (primary N) is 3. The molecule has 3 amide bonds. The Labute approximate surface area is 231 Å². The first-order valence-electron chi connectivity index (χ1n) is 12.5. The number of benzene rings is 1. The molecule has 2 aromatic rings. The van der Waals surface area contributed by atoms with Gasteiger partial charge in [0.15, 0.2) is 5.96 Å². The molecule has 11 N–H and O–H groups in total. The number of H-pyrrole nitrogens is 1. The molecule has 4 atom stereocenters. The number of aromatic nitrogens is 1. The lowest BCUT2D eigenvalue weighted by atomic mass is 10.0. The maximum atomic E-state index is 13.0. The van der Waals surface area contributed by atoms with Crippen molar-refractivity contribution in [2.24, 2.45) is 22.2 Å². The average molecular weight is 563 g/mol. The molecule has 1 aromatic heterocycles. The number of aliphatic carboxylic acids is 1. The second-order valence-corrected chi connectivity index (χ2v) is 10.1. The zero-order chi connectivity index (χ0) is 28.9. The highest BCUT2D eigenvalue weighted by Crippen LogP contribution is 2.18. The van der Waals surface area contributed by atoms with E-state index in [0.717, 1.165) is 16.5 Å². The van der Waals surface area contributed by atoms with E-state index in [2.05, 4.69) is 25.9 Å². The monoisotopic (exact) mass is 562 g/mol. The number of carboxylic acids is 1. The van der Waals surface area contributed by atoms with Crippen molar-refractivity contribution in [2.45, 2.75) is 56.8 Å². The van der Waals surface area contributed by atoms with Gasteiger partial charge in [-0.15, -0.1) is 0 Å². The standard InChI is InChI=1S/C25H38N8O5S/c1-14(21(34)33-20(24(37)38)8-5-10-29-25(27)28)31-23(36)19(9-11-39-2)32-22(35)17(26)12-15-13-30-18-7-4-3-6-16(15)18/h3-4,6-7,13-14,17,19-20,30H,5,8-12,26H2,1-2H3,(H,31,36)(H,32,35)(H,33,34)(H,37,38)(H4,27,28,29)/t14-,17-,19-,20-/m0/s1. The van der Waals surface area contributed by atoms with Gasteiger partial charge in [0.1, 0.15) is 18.1 Å². The lowest BCUT2D eigenvalue weighted by Gasteiger charge is -2.23. The molecule has 0 radical (unpaired) electrons. The second kappa shape index (κ2) is 15.6. The topological polar surface area (TPSA) is 231 Å². The third-order valence-corrected chi connectivity index (χ3v) is 6.65. The SMILES string of the molecule is CSCC[C@H](NC(=O)[C@@H](N)Cc1c[nH]c2ccccc12)C(=O)N[C@@H](C)C(=O)N[C@@H](CCCN=C(N)N)C(=O)O. The molecule has 0 aliphatic rings. The number of carbonyl (C=O) groups is 4. The van der Waals surface area contributed by atoms with Gasteiger partial charge >= 0.3 is 5.97 Å². The lowest BCUT2D eigenvalue weighted by Crippen LogP contribution is -2.56. The van der Waals surface area contributed by atoms with Crippen molar-refractivity contribution < 1.29 is 24.3 Å². The summed E-state index contributed by atoms with van der Waals surface area (Å²) in [5, 5.41) is 18.1. The predicted molar refractivity (Wildman–Crippen MR) is 152 cm³/mol. The minimum atomic E-state index is -1.22. The molecular weight excluding hydrogens is 524 g/mol. The van der Waals surface area contributed by atoms with Gasteiger partial charge in [0.25, 0.3) is 0 Å². The molecule has 0 spiro atoms. The summed E-state index contributed by atoms with van der Waals surface area (Å²) in [5.74, 6) is -2.49. The van der Waals surface area contributed by atoms with E-state index >= 15 is 0 Å². The van der Waals surface area contributed by atoms with Gasteiger partial charge in [0, 0.05) is 23.6 Å². The number of guanidine groups is 1. The normalized spacial score (nSPS) is 14.0. The number of nitrogens with zero attached hydrogens (tertiary/aromatic N) is 1. The van der Waals surface area contributed by atoms with Crippen LogP contribution in [0.1, 0.15) is 31.7 Å². The van der Waals surface area contributed by atoms with Crippen LogP contribution in [0.3, 0.4) is 0 Å². The van der Waals surface area contributed by atoms with Gasteiger partial charge in [-0.1, -0.05) is 18.2 Å². The maximum absolute atomic E-state index is 13.0. The van der Waals surface area contributed by atoms with Crippen LogP contribution in [0.15, 0.2) is 35.5 Å². The van der Waals surface area contributed by atoms with Crippen molar-refractivity contribution in [1.82, 2.24) is 20.9 Å². The van der Waals surface area contributed by atoms with Gasteiger partial charge in [-0.2, -0.15) is 11.8 Å². The number of para-hydroxylation sites is 1. The Morgan fingerprint density at radius 1 is 1.03 bits per heavy atom. The summed E-state index contributed by atoms with van der Waals surface area (Å²) in [4.78, 5) is 57.0.